The van der Waals surface area contributed by atoms with Crippen LogP contribution in [0.2, 0.25) is 0 Å². The fourth-order valence-electron chi connectivity index (χ4n) is 3.08. The van der Waals surface area contributed by atoms with E-state index in [0.717, 1.165) is 38.5 Å². The molecule has 0 unspecified atom stereocenters. The Morgan fingerprint density at radius 2 is 1.65 bits per heavy atom. The molecule has 1 saturated heterocycles. The van der Waals surface area contributed by atoms with E-state index < -0.39 is 15.7 Å². The Bertz CT molecular complexity index is 449. The Kier molecular flexibility index (Phi) is 4.87. The maximum atomic E-state index is 12.5. The Labute approximate surface area is 120 Å². The molecule has 2 aliphatic rings. The number of amidine groups is 1. The van der Waals surface area contributed by atoms with Crippen LogP contribution in [-0.4, -0.2) is 42.4 Å². The second-order valence-electron chi connectivity index (χ2n) is 5.69. The van der Waals surface area contributed by atoms with E-state index >= 15 is 0 Å². The van der Waals surface area contributed by atoms with Gasteiger partial charge >= 0.3 is 0 Å². The van der Waals surface area contributed by atoms with Gasteiger partial charge in [-0.3, -0.25) is 0 Å². The number of hydrogen-bond donors (Lipinski definition) is 3. The highest BCUT2D eigenvalue weighted by atomic mass is 32.2. The first-order valence-corrected chi connectivity index (χ1v) is 8.71. The topological polar surface area (TPSA) is 108 Å². The Hall–Kier alpha value is -0.860. The monoisotopic (exact) mass is 304 g/mol. The summed E-state index contributed by atoms with van der Waals surface area (Å²) in [5.41, 5.74) is 4.82. The molecule has 116 valence electrons. The van der Waals surface area contributed by atoms with Gasteiger partial charge in [0.05, 0.1) is 5.54 Å². The standard InChI is InChI=1S/C12H24N4O3S/c13-11(14-17)12(7-3-4-8-12)15-20(18,19)16-9-5-1-2-6-10-16/h15,17H,1-10H2,(H2,13,14). The number of nitrogens with two attached hydrogens (primary N) is 1. The van der Waals surface area contributed by atoms with Crippen molar-refractivity contribution in [2.75, 3.05) is 13.1 Å². The van der Waals surface area contributed by atoms with Crippen LogP contribution in [-0.2, 0) is 10.2 Å². The van der Waals surface area contributed by atoms with Crippen molar-refractivity contribution in [1.29, 1.82) is 0 Å². The summed E-state index contributed by atoms with van der Waals surface area (Å²) in [7, 11) is -3.59. The highest BCUT2D eigenvalue weighted by molar-refractivity contribution is 7.87. The summed E-state index contributed by atoms with van der Waals surface area (Å²) >= 11 is 0. The molecule has 0 amide bonds. The minimum Gasteiger partial charge on any atom is -0.409 e. The van der Waals surface area contributed by atoms with Crippen molar-refractivity contribution in [3.63, 3.8) is 0 Å². The van der Waals surface area contributed by atoms with Crippen LogP contribution in [0, 0.1) is 0 Å². The molecule has 1 aliphatic carbocycles. The summed E-state index contributed by atoms with van der Waals surface area (Å²) < 4.78 is 29.3. The zero-order valence-electron chi connectivity index (χ0n) is 11.7. The Balaban J connectivity index is 2.16. The lowest BCUT2D eigenvalue weighted by Gasteiger charge is -2.31. The summed E-state index contributed by atoms with van der Waals surface area (Å²) in [6.07, 6.45) is 6.81. The van der Waals surface area contributed by atoms with Crippen molar-refractivity contribution in [3.8, 4) is 0 Å². The minimum atomic E-state index is -3.59. The van der Waals surface area contributed by atoms with Gasteiger partial charge in [0, 0.05) is 13.1 Å². The van der Waals surface area contributed by atoms with Crippen LogP contribution in [0.3, 0.4) is 0 Å². The summed E-state index contributed by atoms with van der Waals surface area (Å²) in [4.78, 5) is 0. The third-order valence-electron chi connectivity index (χ3n) is 4.28. The lowest BCUT2D eigenvalue weighted by molar-refractivity contribution is 0.308. The van der Waals surface area contributed by atoms with E-state index in [1.807, 2.05) is 0 Å². The van der Waals surface area contributed by atoms with Gasteiger partial charge in [-0.2, -0.15) is 17.4 Å². The number of oxime groups is 1. The summed E-state index contributed by atoms with van der Waals surface area (Å²) in [6, 6.07) is 0. The highest BCUT2D eigenvalue weighted by Crippen LogP contribution is 2.31. The van der Waals surface area contributed by atoms with Crippen LogP contribution in [0.15, 0.2) is 5.16 Å². The molecule has 0 bridgehead atoms. The number of hydrogen-bond acceptors (Lipinski definition) is 4. The second-order valence-corrected chi connectivity index (χ2v) is 7.37. The molecule has 1 saturated carbocycles. The zero-order valence-corrected chi connectivity index (χ0v) is 12.5. The molecule has 0 spiro atoms. The van der Waals surface area contributed by atoms with Gasteiger partial charge in [0.15, 0.2) is 5.84 Å². The Morgan fingerprint density at radius 1 is 1.10 bits per heavy atom. The molecule has 2 fully saturated rings. The minimum absolute atomic E-state index is 0.0339. The summed E-state index contributed by atoms with van der Waals surface area (Å²) in [6.45, 7) is 1.09. The molecule has 2 rings (SSSR count). The van der Waals surface area contributed by atoms with Crippen LogP contribution < -0.4 is 10.5 Å². The molecule has 0 atom stereocenters. The fraction of sp³-hybridized carbons (Fsp3) is 0.917. The van der Waals surface area contributed by atoms with Gasteiger partial charge in [0.2, 0.25) is 0 Å². The van der Waals surface area contributed by atoms with Gasteiger partial charge in [-0.1, -0.05) is 30.8 Å². The van der Waals surface area contributed by atoms with E-state index in [1.165, 1.54) is 4.31 Å². The van der Waals surface area contributed by atoms with Crippen LogP contribution in [0.25, 0.3) is 0 Å². The van der Waals surface area contributed by atoms with Gasteiger partial charge in [0.25, 0.3) is 10.2 Å². The largest absolute Gasteiger partial charge is 0.409 e. The number of rotatable bonds is 4. The third kappa shape index (κ3) is 3.24. The first-order valence-electron chi connectivity index (χ1n) is 7.27. The van der Waals surface area contributed by atoms with Gasteiger partial charge in [-0.25, -0.2) is 0 Å². The van der Waals surface area contributed by atoms with Crippen molar-refractivity contribution in [1.82, 2.24) is 9.03 Å². The lowest BCUT2D eigenvalue weighted by Crippen LogP contribution is -2.59. The predicted octanol–water partition coefficient (Wildman–Crippen LogP) is 0.756. The van der Waals surface area contributed by atoms with Crippen LogP contribution in [0.5, 0.6) is 0 Å². The maximum absolute atomic E-state index is 12.5. The van der Waals surface area contributed by atoms with Crippen LogP contribution in [0.4, 0.5) is 0 Å². The first-order chi connectivity index (χ1) is 9.50. The van der Waals surface area contributed by atoms with E-state index in [2.05, 4.69) is 9.88 Å². The molecule has 1 heterocycles. The smallest absolute Gasteiger partial charge is 0.280 e. The number of nitrogens with one attached hydrogen (secondary N) is 1. The quantitative estimate of drug-likeness (QED) is 0.308. The van der Waals surface area contributed by atoms with Gasteiger partial charge in [0.1, 0.15) is 0 Å². The van der Waals surface area contributed by atoms with Crippen molar-refractivity contribution >= 4 is 16.0 Å². The molecule has 0 aromatic rings. The van der Waals surface area contributed by atoms with E-state index in [1.54, 1.807) is 0 Å². The van der Waals surface area contributed by atoms with Crippen molar-refractivity contribution in [3.05, 3.63) is 0 Å². The molecule has 1 aliphatic heterocycles. The molecular formula is C12H24N4O3S. The van der Waals surface area contributed by atoms with E-state index in [-0.39, 0.29) is 5.84 Å². The SMILES string of the molecule is N/C(=N/O)C1(NS(=O)(=O)N2CCCCCC2)CCCC1. The van der Waals surface area contributed by atoms with Crippen LogP contribution >= 0.6 is 0 Å². The normalized spacial score (nSPS) is 25.5. The fourth-order valence-corrected chi connectivity index (χ4v) is 4.75. The van der Waals surface area contributed by atoms with Gasteiger partial charge < -0.3 is 10.9 Å². The molecular weight excluding hydrogens is 280 g/mol. The molecule has 7 nitrogen and oxygen atoms in total. The lowest BCUT2D eigenvalue weighted by atomic mass is 9.98. The molecule has 0 radical (unpaired) electrons. The van der Waals surface area contributed by atoms with Crippen molar-refractivity contribution < 1.29 is 13.6 Å². The van der Waals surface area contributed by atoms with Crippen LogP contribution in [0.1, 0.15) is 51.4 Å². The summed E-state index contributed by atoms with van der Waals surface area (Å²) in [5, 5.41) is 12.0. The molecule has 0 aromatic heterocycles. The first kappa shape index (κ1) is 15.5. The number of nitrogens with zero attached hydrogens (tertiary/aromatic N) is 2. The highest BCUT2D eigenvalue weighted by Gasteiger charge is 2.43. The molecule has 4 N–H and O–H groups in total. The van der Waals surface area contributed by atoms with Crippen molar-refractivity contribution in [2.24, 2.45) is 10.9 Å². The zero-order chi connectivity index (χ0) is 14.6. The van der Waals surface area contributed by atoms with E-state index in [9.17, 15) is 8.42 Å². The van der Waals surface area contributed by atoms with Crippen molar-refractivity contribution in [2.45, 2.75) is 56.9 Å². The van der Waals surface area contributed by atoms with E-state index in [4.69, 9.17) is 10.9 Å². The molecule has 20 heavy (non-hydrogen) atoms. The van der Waals surface area contributed by atoms with Gasteiger partial charge in [-0.15, -0.1) is 0 Å². The third-order valence-corrected chi connectivity index (χ3v) is 5.98. The average Bonchev–Trinajstić information content (AvgIpc) is 2.71. The predicted molar refractivity (Wildman–Crippen MR) is 76.7 cm³/mol. The Morgan fingerprint density at radius 3 is 2.15 bits per heavy atom. The average molecular weight is 304 g/mol. The second kappa shape index (κ2) is 6.28. The summed E-state index contributed by atoms with van der Waals surface area (Å²) in [5.74, 6) is -0.0339. The van der Waals surface area contributed by atoms with Gasteiger partial charge in [-0.05, 0) is 25.7 Å². The van der Waals surface area contributed by atoms with E-state index in [0.29, 0.717) is 25.9 Å². The molecule has 0 aromatic carbocycles. The maximum Gasteiger partial charge on any atom is 0.280 e. The molecule has 8 heteroatoms.